The van der Waals surface area contributed by atoms with Crippen molar-refractivity contribution in [3.63, 3.8) is 0 Å². The molecule has 0 saturated heterocycles. The van der Waals surface area contributed by atoms with Gasteiger partial charge in [0.25, 0.3) is 0 Å². The summed E-state index contributed by atoms with van der Waals surface area (Å²) in [5.74, 6) is 0.770. The lowest BCUT2D eigenvalue weighted by atomic mass is 10.5. The van der Waals surface area contributed by atoms with Crippen molar-refractivity contribution in [1.82, 2.24) is 15.0 Å². The summed E-state index contributed by atoms with van der Waals surface area (Å²) in [5.41, 5.74) is 5.61. The molecular formula is C10H19N5O. The molecule has 0 amide bonds. The Morgan fingerprint density at radius 3 is 2.38 bits per heavy atom. The van der Waals surface area contributed by atoms with Crippen molar-refractivity contribution < 1.29 is 4.74 Å². The Bertz CT molecular complexity index is 327. The second-order valence-corrected chi connectivity index (χ2v) is 3.30. The summed E-state index contributed by atoms with van der Waals surface area (Å²) in [6, 6.07) is 0.302. The van der Waals surface area contributed by atoms with Crippen LogP contribution in [0.15, 0.2) is 0 Å². The normalized spacial score (nSPS) is 10.2. The van der Waals surface area contributed by atoms with Crippen LogP contribution < -0.4 is 15.4 Å². The first-order valence-electron chi connectivity index (χ1n) is 5.60. The second kappa shape index (κ2) is 6.09. The third-order valence-electron chi connectivity index (χ3n) is 2.10. The molecule has 6 heteroatoms. The molecule has 0 bridgehead atoms. The molecule has 0 radical (unpaired) electrons. The average molecular weight is 225 g/mol. The van der Waals surface area contributed by atoms with Crippen LogP contribution in [0.5, 0.6) is 6.01 Å². The van der Waals surface area contributed by atoms with Crippen LogP contribution in [0, 0.1) is 0 Å². The molecule has 0 aliphatic carbocycles. The number of hydrogen-bond acceptors (Lipinski definition) is 6. The summed E-state index contributed by atoms with van der Waals surface area (Å²) in [5, 5.41) is 0. The summed E-state index contributed by atoms with van der Waals surface area (Å²) < 4.78 is 5.35. The molecule has 0 saturated carbocycles. The third kappa shape index (κ3) is 3.22. The van der Waals surface area contributed by atoms with E-state index in [0.717, 1.165) is 19.5 Å². The zero-order valence-corrected chi connectivity index (χ0v) is 10.1. The molecule has 0 aromatic carbocycles. The van der Waals surface area contributed by atoms with Crippen LogP contribution in [0.25, 0.3) is 0 Å². The summed E-state index contributed by atoms with van der Waals surface area (Å²) >= 11 is 0. The minimum Gasteiger partial charge on any atom is -0.463 e. The van der Waals surface area contributed by atoms with E-state index in [1.54, 1.807) is 0 Å². The van der Waals surface area contributed by atoms with E-state index in [-0.39, 0.29) is 5.95 Å². The third-order valence-corrected chi connectivity index (χ3v) is 2.10. The molecule has 0 fully saturated rings. The van der Waals surface area contributed by atoms with Crippen LogP contribution >= 0.6 is 0 Å². The Morgan fingerprint density at radius 1 is 1.12 bits per heavy atom. The standard InChI is InChI=1S/C10H19N5O/c1-4-7-16-10-13-8(11)12-9(14-10)15(5-2)6-3/h4-7H2,1-3H3,(H2,11,12,13,14). The first-order chi connectivity index (χ1) is 7.71. The van der Waals surface area contributed by atoms with Crippen LogP contribution in [0.2, 0.25) is 0 Å². The molecule has 1 aromatic rings. The molecular weight excluding hydrogens is 206 g/mol. The first kappa shape index (κ1) is 12.5. The fourth-order valence-corrected chi connectivity index (χ4v) is 1.27. The molecule has 1 rings (SSSR count). The van der Waals surface area contributed by atoms with Crippen LogP contribution in [0.1, 0.15) is 27.2 Å². The van der Waals surface area contributed by atoms with Gasteiger partial charge >= 0.3 is 6.01 Å². The number of rotatable bonds is 6. The maximum Gasteiger partial charge on any atom is 0.323 e. The van der Waals surface area contributed by atoms with E-state index in [2.05, 4.69) is 15.0 Å². The molecule has 6 nitrogen and oxygen atoms in total. The first-order valence-corrected chi connectivity index (χ1v) is 5.60. The monoisotopic (exact) mass is 225 g/mol. The van der Waals surface area contributed by atoms with Crippen molar-refractivity contribution in [2.45, 2.75) is 27.2 Å². The van der Waals surface area contributed by atoms with Gasteiger partial charge in [0.05, 0.1) is 6.61 Å². The van der Waals surface area contributed by atoms with Crippen molar-refractivity contribution >= 4 is 11.9 Å². The predicted octanol–water partition coefficient (Wildman–Crippen LogP) is 1.09. The van der Waals surface area contributed by atoms with Crippen molar-refractivity contribution in [3.8, 4) is 6.01 Å². The lowest BCUT2D eigenvalue weighted by Gasteiger charge is -2.18. The lowest BCUT2D eigenvalue weighted by Crippen LogP contribution is -2.25. The van der Waals surface area contributed by atoms with Gasteiger partial charge < -0.3 is 15.4 Å². The SMILES string of the molecule is CCCOc1nc(N)nc(N(CC)CC)n1. The van der Waals surface area contributed by atoms with Gasteiger partial charge in [0.1, 0.15) is 0 Å². The fraction of sp³-hybridized carbons (Fsp3) is 0.700. The van der Waals surface area contributed by atoms with Crippen molar-refractivity contribution in [2.75, 3.05) is 30.3 Å². The molecule has 2 N–H and O–H groups in total. The van der Waals surface area contributed by atoms with Gasteiger partial charge in [-0.3, -0.25) is 0 Å². The van der Waals surface area contributed by atoms with E-state index in [9.17, 15) is 0 Å². The molecule has 16 heavy (non-hydrogen) atoms. The smallest absolute Gasteiger partial charge is 0.323 e. The molecule has 0 aliphatic rings. The van der Waals surface area contributed by atoms with Gasteiger partial charge in [0.15, 0.2) is 0 Å². The summed E-state index contributed by atoms with van der Waals surface area (Å²) in [7, 11) is 0. The number of aromatic nitrogens is 3. The molecule has 0 unspecified atom stereocenters. The van der Waals surface area contributed by atoms with Crippen LogP contribution in [0.3, 0.4) is 0 Å². The zero-order valence-electron chi connectivity index (χ0n) is 10.1. The Labute approximate surface area is 95.9 Å². The van der Waals surface area contributed by atoms with E-state index in [1.165, 1.54) is 0 Å². The number of nitrogens with two attached hydrogens (primary N) is 1. The van der Waals surface area contributed by atoms with Gasteiger partial charge in [-0.05, 0) is 20.3 Å². The van der Waals surface area contributed by atoms with Crippen LogP contribution in [0.4, 0.5) is 11.9 Å². The Balaban J connectivity index is 2.88. The van der Waals surface area contributed by atoms with E-state index < -0.39 is 0 Å². The van der Waals surface area contributed by atoms with E-state index in [4.69, 9.17) is 10.5 Å². The topological polar surface area (TPSA) is 77.2 Å². The number of nitrogen functional groups attached to an aromatic ring is 1. The highest BCUT2D eigenvalue weighted by Gasteiger charge is 2.09. The van der Waals surface area contributed by atoms with Crippen LogP contribution in [-0.2, 0) is 0 Å². The van der Waals surface area contributed by atoms with Gasteiger partial charge in [-0.2, -0.15) is 15.0 Å². The minimum atomic E-state index is 0.197. The molecule has 0 spiro atoms. The van der Waals surface area contributed by atoms with Gasteiger partial charge in [-0.15, -0.1) is 0 Å². The van der Waals surface area contributed by atoms with Crippen molar-refractivity contribution in [2.24, 2.45) is 0 Å². The molecule has 90 valence electrons. The Hall–Kier alpha value is -1.59. The summed E-state index contributed by atoms with van der Waals surface area (Å²) in [6.45, 7) is 8.34. The molecule has 1 heterocycles. The van der Waals surface area contributed by atoms with E-state index >= 15 is 0 Å². The largest absolute Gasteiger partial charge is 0.463 e. The van der Waals surface area contributed by atoms with Gasteiger partial charge in [0, 0.05) is 13.1 Å². The minimum absolute atomic E-state index is 0.197. The second-order valence-electron chi connectivity index (χ2n) is 3.30. The number of ether oxygens (including phenoxy) is 1. The van der Waals surface area contributed by atoms with Crippen molar-refractivity contribution in [3.05, 3.63) is 0 Å². The highest BCUT2D eigenvalue weighted by atomic mass is 16.5. The molecule has 1 aromatic heterocycles. The average Bonchev–Trinajstić information content (AvgIpc) is 2.27. The quantitative estimate of drug-likeness (QED) is 0.780. The molecule has 0 aliphatic heterocycles. The summed E-state index contributed by atoms with van der Waals surface area (Å²) in [4.78, 5) is 14.2. The summed E-state index contributed by atoms with van der Waals surface area (Å²) in [6.07, 6.45) is 0.909. The van der Waals surface area contributed by atoms with Crippen LogP contribution in [-0.4, -0.2) is 34.6 Å². The number of anilines is 2. The van der Waals surface area contributed by atoms with E-state index in [0.29, 0.717) is 18.6 Å². The van der Waals surface area contributed by atoms with Crippen molar-refractivity contribution in [1.29, 1.82) is 0 Å². The Kier molecular flexibility index (Phi) is 4.75. The lowest BCUT2D eigenvalue weighted by molar-refractivity contribution is 0.292. The number of nitrogens with zero attached hydrogens (tertiary/aromatic N) is 4. The Morgan fingerprint density at radius 2 is 1.81 bits per heavy atom. The highest BCUT2D eigenvalue weighted by molar-refractivity contribution is 5.35. The van der Waals surface area contributed by atoms with Gasteiger partial charge in [0.2, 0.25) is 11.9 Å². The predicted molar refractivity (Wildman–Crippen MR) is 63.6 cm³/mol. The van der Waals surface area contributed by atoms with Gasteiger partial charge in [-0.1, -0.05) is 6.92 Å². The maximum atomic E-state index is 5.61. The van der Waals surface area contributed by atoms with Gasteiger partial charge in [-0.25, -0.2) is 0 Å². The molecule has 0 atom stereocenters. The fourth-order valence-electron chi connectivity index (χ4n) is 1.27. The maximum absolute atomic E-state index is 5.61. The zero-order chi connectivity index (χ0) is 12.0. The van der Waals surface area contributed by atoms with E-state index in [1.807, 2.05) is 25.7 Å². The number of hydrogen-bond donors (Lipinski definition) is 1. The highest BCUT2D eigenvalue weighted by Crippen LogP contribution is 2.13.